The number of pyridine rings is 1. The number of hydrogen-bond donors (Lipinski definition) is 6. The highest BCUT2D eigenvalue weighted by Gasteiger charge is 2.24. The minimum absolute atomic E-state index is 0.175. The van der Waals surface area contributed by atoms with Crippen LogP contribution in [0.5, 0.6) is 0 Å². The Hall–Kier alpha value is -5.32. The molecule has 0 fully saturated rings. The molecule has 1 aliphatic rings. The van der Waals surface area contributed by atoms with Gasteiger partial charge in [0.2, 0.25) is 5.91 Å². The second kappa shape index (κ2) is 15.9. The van der Waals surface area contributed by atoms with Crippen LogP contribution in [0.15, 0.2) is 97.6 Å². The van der Waals surface area contributed by atoms with Gasteiger partial charge in [0, 0.05) is 60.4 Å². The van der Waals surface area contributed by atoms with Crippen molar-refractivity contribution in [3.8, 4) is 0 Å². The van der Waals surface area contributed by atoms with E-state index < -0.39 is 6.04 Å². The SMILES string of the molecule is O=C(N[C@@H](CCCN[C@H]1CCCc2cccnc21)C(=O)NCCc1c[nH]c2ccccc12)c1ccc(CNCc2ncc[nH]2)c2ccccc12. The molecular weight excluding hydrogens is 624 g/mol. The number of fused-ring (bicyclic) bond motifs is 3. The van der Waals surface area contributed by atoms with Crippen LogP contribution in [0.1, 0.15) is 70.3 Å². The predicted octanol–water partition coefficient (Wildman–Crippen LogP) is 5.63. The Morgan fingerprint density at radius 3 is 2.58 bits per heavy atom. The van der Waals surface area contributed by atoms with Crippen molar-refractivity contribution in [3.63, 3.8) is 0 Å². The quantitative estimate of drug-likeness (QED) is 0.0784. The fraction of sp³-hybridized carbons (Fsp3) is 0.300. The number of aromatic amines is 2. The van der Waals surface area contributed by atoms with Crippen LogP contribution in [0.3, 0.4) is 0 Å². The van der Waals surface area contributed by atoms with Crippen LogP contribution in [0.2, 0.25) is 0 Å². The molecule has 3 heterocycles. The largest absolute Gasteiger partial charge is 0.361 e. The second-order valence-corrected chi connectivity index (χ2v) is 13.0. The minimum atomic E-state index is -0.683. The maximum Gasteiger partial charge on any atom is 0.252 e. The van der Waals surface area contributed by atoms with Crippen molar-refractivity contribution in [2.45, 2.75) is 63.7 Å². The Morgan fingerprint density at radius 1 is 0.840 bits per heavy atom. The maximum absolute atomic E-state index is 13.9. The number of aryl methyl sites for hydroxylation is 1. The summed E-state index contributed by atoms with van der Waals surface area (Å²) in [5.41, 5.74) is 6.30. The van der Waals surface area contributed by atoms with E-state index in [1.165, 1.54) is 5.56 Å². The predicted molar refractivity (Wildman–Crippen MR) is 196 cm³/mol. The summed E-state index contributed by atoms with van der Waals surface area (Å²) in [6.45, 7) is 2.43. The summed E-state index contributed by atoms with van der Waals surface area (Å²) in [5.74, 6) is 0.434. The van der Waals surface area contributed by atoms with Crippen LogP contribution in [0.4, 0.5) is 0 Å². The molecule has 0 saturated carbocycles. The first kappa shape index (κ1) is 33.2. The van der Waals surface area contributed by atoms with E-state index in [1.807, 2.05) is 73.1 Å². The highest BCUT2D eigenvalue weighted by Crippen LogP contribution is 2.28. The molecular formula is C40H44N8O2. The first-order valence-electron chi connectivity index (χ1n) is 17.6. The normalized spacial score (nSPS) is 14.8. The lowest BCUT2D eigenvalue weighted by Gasteiger charge is -2.25. The van der Waals surface area contributed by atoms with Gasteiger partial charge in [0.25, 0.3) is 5.91 Å². The molecule has 0 bridgehead atoms. The van der Waals surface area contributed by atoms with E-state index in [9.17, 15) is 9.59 Å². The molecule has 2 amide bonds. The zero-order valence-corrected chi connectivity index (χ0v) is 28.2. The second-order valence-electron chi connectivity index (χ2n) is 13.0. The maximum atomic E-state index is 13.9. The van der Waals surface area contributed by atoms with Crippen LogP contribution in [-0.4, -0.2) is 50.9 Å². The Labute approximate surface area is 291 Å². The van der Waals surface area contributed by atoms with Crippen molar-refractivity contribution in [2.75, 3.05) is 13.1 Å². The molecule has 0 unspecified atom stereocenters. The van der Waals surface area contributed by atoms with Gasteiger partial charge in [-0.2, -0.15) is 0 Å². The molecule has 3 aromatic carbocycles. The Bertz CT molecular complexity index is 2050. The summed E-state index contributed by atoms with van der Waals surface area (Å²) in [4.78, 5) is 43.0. The molecule has 0 radical (unpaired) electrons. The first-order valence-corrected chi connectivity index (χ1v) is 17.6. The summed E-state index contributed by atoms with van der Waals surface area (Å²) in [5, 5.41) is 16.3. The van der Waals surface area contributed by atoms with Gasteiger partial charge in [-0.3, -0.25) is 14.6 Å². The van der Waals surface area contributed by atoms with E-state index in [2.05, 4.69) is 53.3 Å². The van der Waals surface area contributed by atoms with Crippen molar-refractivity contribution in [1.29, 1.82) is 0 Å². The van der Waals surface area contributed by atoms with E-state index in [-0.39, 0.29) is 17.9 Å². The van der Waals surface area contributed by atoms with Gasteiger partial charge in [-0.05, 0) is 90.7 Å². The summed E-state index contributed by atoms with van der Waals surface area (Å²) in [7, 11) is 0. The Kier molecular flexibility index (Phi) is 10.6. The third-order valence-electron chi connectivity index (χ3n) is 9.67. The number of benzene rings is 3. The number of rotatable bonds is 15. The van der Waals surface area contributed by atoms with Crippen LogP contribution < -0.4 is 21.3 Å². The lowest BCUT2D eigenvalue weighted by molar-refractivity contribution is -0.123. The number of para-hydroxylation sites is 1. The lowest BCUT2D eigenvalue weighted by atomic mass is 9.92. The average Bonchev–Trinajstić information content (AvgIpc) is 3.83. The number of hydrogen-bond acceptors (Lipinski definition) is 6. The Balaban J connectivity index is 1.02. The number of nitrogens with one attached hydrogen (secondary N) is 6. The number of H-pyrrole nitrogens is 2. The molecule has 1 aliphatic carbocycles. The van der Waals surface area contributed by atoms with Gasteiger partial charge in [-0.25, -0.2) is 4.98 Å². The molecule has 3 aromatic heterocycles. The molecule has 6 N–H and O–H groups in total. The van der Waals surface area contributed by atoms with Gasteiger partial charge < -0.3 is 31.2 Å². The summed E-state index contributed by atoms with van der Waals surface area (Å²) in [6, 6.07) is 23.6. The third-order valence-corrected chi connectivity index (χ3v) is 9.67. The highest BCUT2D eigenvalue weighted by atomic mass is 16.2. The van der Waals surface area contributed by atoms with Gasteiger partial charge in [0.1, 0.15) is 11.9 Å². The molecule has 0 saturated heterocycles. The van der Waals surface area contributed by atoms with Crippen LogP contribution in [-0.2, 0) is 30.7 Å². The molecule has 256 valence electrons. The van der Waals surface area contributed by atoms with Crippen molar-refractivity contribution < 1.29 is 9.59 Å². The summed E-state index contributed by atoms with van der Waals surface area (Å²) in [6.07, 6.45) is 12.5. The van der Waals surface area contributed by atoms with E-state index in [4.69, 9.17) is 0 Å². The van der Waals surface area contributed by atoms with E-state index in [1.54, 1.807) is 12.4 Å². The van der Waals surface area contributed by atoms with Crippen LogP contribution >= 0.6 is 0 Å². The number of imidazole rings is 1. The monoisotopic (exact) mass is 668 g/mol. The summed E-state index contributed by atoms with van der Waals surface area (Å²) < 4.78 is 0. The Morgan fingerprint density at radius 2 is 1.70 bits per heavy atom. The van der Waals surface area contributed by atoms with Crippen molar-refractivity contribution >= 4 is 33.5 Å². The number of nitrogens with zero attached hydrogens (tertiary/aromatic N) is 2. The molecule has 7 rings (SSSR count). The first-order chi connectivity index (χ1) is 24.6. The van der Waals surface area contributed by atoms with Gasteiger partial charge in [0.15, 0.2) is 0 Å². The number of carbonyl (C=O) groups is 2. The molecule has 10 heteroatoms. The van der Waals surface area contributed by atoms with Crippen molar-refractivity contribution in [2.24, 2.45) is 0 Å². The zero-order chi connectivity index (χ0) is 34.1. The molecule has 6 aromatic rings. The zero-order valence-electron chi connectivity index (χ0n) is 28.2. The van der Waals surface area contributed by atoms with Crippen LogP contribution in [0, 0.1) is 0 Å². The van der Waals surface area contributed by atoms with Gasteiger partial charge >= 0.3 is 0 Å². The van der Waals surface area contributed by atoms with Gasteiger partial charge in [-0.15, -0.1) is 0 Å². The molecule has 10 nitrogen and oxygen atoms in total. The highest BCUT2D eigenvalue weighted by molar-refractivity contribution is 6.09. The molecule has 0 spiro atoms. The molecule has 50 heavy (non-hydrogen) atoms. The van der Waals surface area contributed by atoms with E-state index in [0.717, 1.165) is 76.5 Å². The minimum Gasteiger partial charge on any atom is -0.361 e. The number of aromatic nitrogens is 4. The molecule has 2 atom stereocenters. The fourth-order valence-electron chi connectivity index (χ4n) is 7.10. The fourth-order valence-corrected chi connectivity index (χ4v) is 7.10. The number of carbonyl (C=O) groups excluding carboxylic acids is 2. The van der Waals surface area contributed by atoms with Gasteiger partial charge in [-0.1, -0.05) is 54.6 Å². The smallest absolute Gasteiger partial charge is 0.252 e. The molecule has 0 aliphatic heterocycles. The lowest BCUT2D eigenvalue weighted by Crippen LogP contribution is -2.47. The van der Waals surface area contributed by atoms with Crippen molar-refractivity contribution in [3.05, 3.63) is 131 Å². The van der Waals surface area contributed by atoms with E-state index in [0.29, 0.717) is 38.0 Å². The van der Waals surface area contributed by atoms with E-state index >= 15 is 0 Å². The third kappa shape index (κ3) is 7.77. The van der Waals surface area contributed by atoms with Crippen LogP contribution in [0.25, 0.3) is 21.7 Å². The standard InChI is InChI=1S/C40H44N8O2/c49-39(33-17-16-28(30-10-1-2-12-32(30)33)24-41-26-37-43-22-23-44-37)48-36(15-7-19-42-35-14-5-8-27-9-6-20-45-38(27)35)40(50)46-21-18-29-25-47-34-13-4-3-11-31(29)34/h1-4,6,9-13,16-17,20,22-23,25,35-36,41-42,47H,5,7-8,14-15,18-19,21,24,26H2,(H,43,44)(H,46,50)(H,48,49)/t35-,36-/m0/s1. The summed E-state index contributed by atoms with van der Waals surface area (Å²) >= 11 is 0. The van der Waals surface area contributed by atoms with Gasteiger partial charge in [0.05, 0.1) is 12.2 Å². The topological polar surface area (TPSA) is 140 Å². The number of amides is 2. The van der Waals surface area contributed by atoms with Crippen molar-refractivity contribution in [1.82, 2.24) is 41.2 Å². The average molecular weight is 669 g/mol.